The number of ether oxygens (including phenoxy) is 1. The third kappa shape index (κ3) is 5.41. The number of rotatable bonds is 6. The normalized spacial score (nSPS) is 11.5. The molecule has 0 atom stereocenters. The summed E-state index contributed by atoms with van der Waals surface area (Å²) < 4.78 is 5.64. The van der Waals surface area contributed by atoms with Crippen molar-refractivity contribution in [1.29, 1.82) is 0 Å². The summed E-state index contributed by atoms with van der Waals surface area (Å²) in [5, 5.41) is 10.8. The Hall–Kier alpha value is -2.01. The molecule has 0 fully saturated rings. The van der Waals surface area contributed by atoms with Crippen molar-refractivity contribution >= 4 is 17.3 Å². The first-order valence-corrected chi connectivity index (χ1v) is 8.33. The predicted molar refractivity (Wildman–Crippen MR) is 93.6 cm³/mol. The van der Waals surface area contributed by atoms with Crippen molar-refractivity contribution in [2.75, 3.05) is 7.05 Å². The highest BCUT2D eigenvalue weighted by Gasteiger charge is 2.01. The molecule has 0 spiro atoms. The van der Waals surface area contributed by atoms with Crippen molar-refractivity contribution in [3.8, 4) is 5.75 Å². The SMILES string of the molecule is CN=C(NCc1ccc(OC(C)C)cc1)NCc1ccsc1. The third-order valence-electron chi connectivity index (χ3n) is 3.02. The summed E-state index contributed by atoms with van der Waals surface area (Å²) in [7, 11) is 1.78. The average molecular weight is 317 g/mol. The van der Waals surface area contributed by atoms with Crippen LogP contribution in [0.1, 0.15) is 25.0 Å². The highest BCUT2D eigenvalue weighted by molar-refractivity contribution is 7.07. The zero-order valence-corrected chi connectivity index (χ0v) is 14.1. The number of benzene rings is 1. The van der Waals surface area contributed by atoms with Gasteiger partial charge in [-0.2, -0.15) is 11.3 Å². The molecule has 2 rings (SSSR count). The van der Waals surface area contributed by atoms with Crippen LogP contribution in [-0.4, -0.2) is 19.1 Å². The van der Waals surface area contributed by atoms with Gasteiger partial charge in [0.1, 0.15) is 5.75 Å². The quantitative estimate of drug-likeness (QED) is 0.634. The highest BCUT2D eigenvalue weighted by Crippen LogP contribution is 2.13. The molecule has 5 heteroatoms. The molecule has 0 radical (unpaired) electrons. The number of thiophene rings is 1. The van der Waals surface area contributed by atoms with Crippen LogP contribution >= 0.6 is 11.3 Å². The Balaban J connectivity index is 1.80. The van der Waals surface area contributed by atoms with E-state index >= 15 is 0 Å². The van der Waals surface area contributed by atoms with E-state index in [-0.39, 0.29) is 6.10 Å². The summed E-state index contributed by atoms with van der Waals surface area (Å²) in [5.41, 5.74) is 2.46. The Morgan fingerprint density at radius 3 is 2.32 bits per heavy atom. The third-order valence-corrected chi connectivity index (χ3v) is 3.75. The van der Waals surface area contributed by atoms with E-state index in [1.807, 2.05) is 26.0 Å². The minimum Gasteiger partial charge on any atom is -0.491 e. The molecule has 22 heavy (non-hydrogen) atoms. The van der Waals surface area contributed by atoms with Crippen LogP contribution in [0.3, 0.4) is 0 Å². The molecule has 0 saturated carbocycles. The molecule has 0 aliphatic rings. The molecule has 0 aliphatic heterocycles. The Labute approximate surface area is 136 Å². The van der Waals surface area contributed by atoms with Crippen molar-refractivity contribution in [3.63, 3.8) is 0 Å². The van der Waals surface area contributed by atoms with Crippen molar-refractivity contribution in [1.82, 2.24) is 10.6 Å². The van der Waals surface area contributed by atoms with Gasteiger partial charge in [0, 0.05) is 20.1 Å². The molecule has 0 saturated heterocycles. The van der Waals surface area contributed by atoms with Crippen LogP contribution in [0.4, 0.5) is 0 Å². The maximum atomic E-state index is 5.64. The minimum absolute atomic E-state index is 0.198. The number of hydrogen-bond acceptors (Lipinski definition) is 3. The van der Waals surface area contributed by atoms with E-state index in [0.29, 0.717) is 0 Å². The molecule has 1 heterocycles. The van der Waals surface area contributed by atoms with Gasteiger partial charge in [-0.05, 0) is 53.9 Å². The van der Waals surface area contributed by atoms with Gasteiger partial charge in [0.2, 0.25) is 0 Å². The maximum Gasteiger partial charge on any atom is 0.191 e. The van der Waals surface area contributed by atoms with Crippen LogP contribution in [0.2, 0.25) is 0 Å². The molecule has 118 valence electrons. The Bertz CT molecular complexity index is 576. The van der Waals surface area contributed by atoms with Crippen LogP contribution in [-0.2, 0) is 13.1 Å². The Morgan fingerprint density at radius 2 is 1.77 bits per heavy atom. The second kappa shape index (κ2) is 8.44. The van der Waals surface area contributed by atoms with Gasteiger partial charge >= 0.3 is 0 Å². The first kappa shape index (κ1) is 16.4. The van der Waals surface area contributed by atoms with E-state index in [4.69, 9.17) is 4.74 Å². The average Bonchev–Trinajstić information content (AvgIpc) is 3.02. The number of aliphatic imine (C=N–C) groups is 1. The lowest BCUT2D eigenvalue weighted by Gasteiger charge is -2.13. The van der Waals surface area contributed by atoms with E-state index in [0.717, 1.165) is 24.8 Å². The molecule has 4 nitrogen and oxygen atoms in total. The van der Waals surface area contributed by atoms with Gasteiger partial charge in [0.25, 0.3) is 0 Å². The molecule has 0 aliphatic carbocycles. The monoisotopic (exact) mass is 317 g/mol. The second-order valence-corrected chi connectivity index (χ2v) is 6.00. The minimum atomic E-state index is 0.198. The Kier molecular flexibility index (Phi) is 6.27. The summed E-state index contributed by atoms with van der Waals surface area (Å²) in [6.07, 6.45) is 0.198. The Morgan fingerprint density at radius 1 is 1.09 bits per heavy atom. The molecular formula is C17H23N3OS. The van der Waals surface area contributed by atoms with Gasteiger partial charge < -0.3 is 15.4 Å². The predicted octanol–water partition coefficient (Wildman–Crippen LogP) is 3.40. The van der Waals surface area contributed by atoms with Gasteiger partial charge in [-0.1, -0.05) is 12.1 Å². The molecule has 2 aromatic rings. The van der Waals surface area contributed by atoms with Crippen molar-refractivity contribution in [3.05, 3.63) is 52.2 Å². The fraction of sp³-hybridized carbons (Fsp3) is 0.353. The highest BCUT2D eigenvalue weighted by atomic mass is 32.1. The van der Waals surface area contributed by atoms with E-state index in [2.05, 4.69) is 44.6 Å². The lowest BCUT2D eigenvalue weighted by atomic mass is 10.2. The van der Waals surface area contributed by atoms with Gasteiger partial charge in [-0.25, -0.2) is 0 Å². The maximum absolute atomic E-state index is 5.64. The fourth-order valence-corrected chi connectivity index (χ4v) is 2.61. The molecule has 0 bridgehead atoms. The second-order valence-electron chi connectivity index (χ2n) is 5.22. The van der Waals surface area contributed by atoms with Crippen LogP contribution in [0.15, 0.2) is 46.1 Å². The fourth-order valence-electron chi connectivity index (χ4n) is 1.94. The summed E-state index contributed by atoms with van der Waals surface area (Å²) in [5.74, 6) is 1.70. The number of nitrogens with one attached hydrogen (secondary N) is 2. The summed E-state index contributed by atoms with van der Waals surface area (Å²) >= 11 is 1.70. The van der Waals surface area contributed by atoms with E-state index in [1.54, 1.807) is 18.4 Å². The van der Waals surface area contributed by atoms with Crippen LogP contribution in [0.25, 0.3) is 0 Å². The largest absolute Gasteiger partial charge is 0.491 e. The van der Waals surface area contributed by atoms with Crippen LogP contribution < -0.4 is 15.4 Å². The summed E-state index contributed by atoms with van der Waals surface area (Å²) in [6, 6.07) is 10.2. The lowest BCUT2D eigenvalue weighted by Crippen LogP contribution is -2.36. The van der Waals surface area contributed by atoms with Crippen LogP contribution in [0, 0.1) is 0 Å². The van der Waals surface area contributed by atoms with Crippen molar-refractivity contribution < 1.29 is 4.74 Å². The van der Waals surface area contributed by atoms with Crippen LogP contribution in [0.5, 0.6) is 5.75 Å². The molecule has 0 unspecified atom stereocenters. The molecule has 2 N–H and O–H groups in total. The van der Waals surface area contributed by atoms with Gasteiger partial charge in [0.05, 0.1) is 6.10 Å². The smallest absolute Gasteiger partial charge is 0.191 e. The summed E-state index contributed by atoms with van der Waals surface area (Å²) in [6.45, 7) is 5.56. The van der Waals surface area contributed by atoms with Gasteiger partial charge in [-0.3, -0.25) is 4.99 Å². The molecular weight excluding hydrogens is 294 g/mol. The first-order valence-electron chi connectivity index (χ1n) is 7.38. The topological polar surface area (TPSA) is 45.7 Å². The van der Waals surface area contributed by atoms with E-state index in [9.17, 15) is 0 Å². The van der Waals surface area contributed by atoms with Crippen molar-refractivity contribution in [2.45, 2.75) is 33.0 Å². The van der Waals surface area contributed by atoms with Gasteiger partial charge in [-0.15, -0.1) is 0 Å². The number of nitrogens with zero attached hydrogens (tertiary/aromatic N) is 1. The van der Waals surface area contributed by atoms with E-state index in [1.165, 1.54) is 11.1 Å². The molecule has 0 amide bonds. The zero-order valence-electron chi connectivity index (χ0n) is 13.3. The van der Waals surface area contributed by atoms with Crippen molar-refractivity contribution in [2.24, 2.45) is 4.99 Å². The van der Waals surface area contributed by atoms with Gasteiger partial charge in [0.15, 0.2) is 5.96 Å². The number of hydrogen-bond donors (Lipinski definition) is 2. The molecule has 1 aromatic heterocycles. The summed E-state index contributed by atoms with van der Waals surface area (Å²) in [4.78, 5) is 4.23. The first-order chi connectivity index (χ1) is 10.7. The standard InChI is InChI=1S/C17H23N3OS/c1-13(2)21-16-6-4-14(5-7-16)10-19-17(18-3)20-11-15-8-9-22-12-15/h4-9,12-13H,10-11H2,1-3H3,(H2,18,19,20). The lowest BCUT2D eigenvalue weighted by molar-refractivity contribution is 0.242. The zero-order chi connectivity index (χ0) is 15.8. The number of guanidine groups is 1. The molecule has 1 aromatic carbocycles. The van der Waals surface area contributed by atoms with E-state index < -0.39 is 0 Å².